The molecule has 1 heterocycles. The molecule has 0 saturated heterocycles. The fourth-order valence-electron chi connectivity index (χ4n) is 2.18. The first-order valence-corrected chi connectivity index (χ1v) is 8.47. The van der Waals surface area contributed by atoms with Gasteiger partial charge in [-0.2, -0.15) is 0 Å². The van der Waals surface area contributed by atoms with E-state index in [2.05, 4.69) is 15.3 Å². The summed E-state index contributed by atoms with van der Waals surface area (Å²) in [6, 6.07) is 18.3. The molecule has 128 valence electrons. The summed E-state index contributed by atoms with van der Waals surface area (Å²) in [5.74, 6) is -0.282. The van der Waals surface area contributed by atoms with Gasteiger partial charge in [0, 0.05) is 17.3 Å². The Morgan fingerprint density at radius 2 is 1.72 bits per heavy atom. The summed E-state index contributed by atoms with van der Waals surface area (Å²) in [5.41, 5.74) is 2.86. The van der Waals surface area contributed by atoms with Crippen LogP contribution in [0.2, 0.25) is 0 Å². The third-order valence-electron chi connectivity index (χ3n) is 3.36. The zero-order valence-electron chi connectivity index (χ0n) is 13.3. The van der Waals surface area contributed by atoms with Crippen molar-refractivity contribution < 1.29 is 9.90 Å². The van der Waals surface area contributed by atoms with E-state index in [1.54, 1.807) is 24.3 Å². The largest absolute Gasteiger partial charge is 0.478 e. The Morgan fingerprint density at radius 1 is 1.04 bits per heavy atom. The average Bonchev–Trinajstić information content (AvgIpc) is 2.62. The Hall–Kier alpha value is -2.57. The Morgan fingerprint density at radius 3 is 2.32 bits per heavy atom. The smallest absolute Gasteiger partial charge is 0.335 e. The van der Waals surface area contributed by atoms with Gasteiger partial charge in [-0.25, -0.2) is 14.8 Å². The molecule has 0 amide bonds. The number of rotatable bonds is 5. The molecule has 0 unspecified atom stereocenters. The van der Waals surface area contributed by atoms with Gasteiger partial charge in [0.05, 0.1) is 11.3 Å². The Balaban J connectivity index is 0.00000225. The minimum absolute atomic E-state index is 0. The van der Waals surface area contributed by atoms with Crippen LogP contribution in [0.5, 0.6) is 0 Å². The van der Waals surface area contributed by atoms with E-state index in [-0.39, 0.29) is 18.0 Å². The SMILES string of the molecule is CSc1nc(Nc2ccc(C(=O)O)cc2)cc(-c2ccccc2)n1.Cl. The van der Waals surface area contributed by atoms with Gasteiger partial charge in [-0.15, -0.1) is 12.4 Å². The normalized spacial score (nSPS) is 9.96. The highest BCUT2D eigenvalue weighted by molar-refractivity contribution is 7.98. The molecule has 0 atom stereocenters. The minimum Gasteiger partial charge on any atom is -0.478 e. The fourth-order valence-corrected chi connectivity index (χ4v) is 2.56. The average molecular weight is 374 g/mol. The van der Waals surface area contributed by atoms with Crippen molar-refractivity contribution >= 4 is 41.6 Å². The second-order valence-corrected chi connectivity index (χ2v) is 5.77. The number of hydrogen-bond acceptors (Lipinski definition) is 5. The van der Waals surface area contributed by atoms with E-state index in [0.29, 0.717) is 11.0 Å². The molecule has 3 aromatic rings. The lowest BCUT2D eigenvalue weighted by atomic mass is 10.1. The highest BCUT2D eigenvalue weighted by Gasteiger charge is 2.07. The van der Waals surface area contributed by atoms with Crippen molar-refractivity contribution in [1.82, 2.24) is 9.97 Å². The van der Waals surface area contributed by atoms with Crippen LogP contribution in [0, 0.1) is 0 Å². The fraction of sp³-hybridized carbons (Fsp3) is 0.0556. The summed E-state index contributed by atoms with van der Waals surface area (Å²) in [5, 5.41) is 12.8. The van der Waals surface area contributed by atoms with Gasteiger partial charge in [0.25, 0.3) is 0 Å². The number of aromatic nitrogens is 2. The number of nitrogens with one attached hydrogen (secondary N) is 1. The monoisotopic (exact) mass is 373 g/mol. The van der Waals surface area contributed by atoms with E-state index < -0.39 is 5.97 Å². The lowest BCUT2D eigenvalue weighted by Crippen LogP contribution is -1.99. The molecule has 2 aromatic carbocycles. The lowest BCUT2D eigenvalue weighted by Gasteiger charge is -2.09. The van der Waals surface area contributed by atoms with Crippen molar-refractivity contribution in [2.75, 3.05) is 11.6 Å². The van der Waals surface area contributed by atoms with Gasteiger partial charge in [0.2, 0.25) is 0 Å². The van der Waals surface area contributed by atoms with Crippen LogP contribution in [0.15, 0.2) is 65.8 Å². The summed E-state index contributed by atoms with van der Waals surface area (Å²) in [6.07, 6.45) is 1.93. The van der Waals surface area contributed by atoms with Gasteiger partial charge >= 0.3 is 5.97 Å². The second kappa shape index (κ2) is 8.50. The molecular formula is C18H16ClN3O2S. The van der Waals surface area contributed by atoms with Gasteiger partial charge in [0.1, 0.15) is 5.82 Å². The van der Waals surface area contributed by atoms with Crippen molar-refractivity contribution in [3.63, 3.8) is 0 Å². The molecule has 0 bridgehead atoms. The number of carboxylic acid groups (broad SMARTS) is 1. The summed E-state index contributed by atoms with van der Waals surface area (Å²) >= 11 is 1.47. The van der Waals surface area contributed by atoms with Gasteiger partial charge in [0.15, 0.2) is 5.16 Å². The molecule has 1 aromatic heterocycles. The number of aromatic carboxylic acids is 1. The summed E-state index contributed by atoms with van der Waals surface area (Å²) < 4.78 is 0. The van der Waals surface area contributed by atoms with Crippen molar-refractivity contribution in [2.24, 2.45) is 0 Å². The van der Waals surface area contributed by atoms with E-state index >= 15 is 0 Å². The lowest BCUT2D eigenvalue weighted by molar-refractivity contribution is 0.0697. The van der Waals surface area contributed by atoms with Crippen LogP contribution < -0.4 is 5.32 Å². The molecule has 0 spiro atoms. The highest BCUT2D eigenvalue weighted by Crippen LogP contribution is 2.24. The van der Waals surface area contributed by atoms with Crippen LogP contribution >= 0.6 is 24.2 Å². The minimum atomic E-state index is -0.945. The third-order valence-corrected chi connectivity index (χ3v) is 3.91. The number of carbonyl (C=O) groups is 1. The number of halogens is 1. The Bertz CT molecular complexity index is 858. The summed E-state index contributed by atoms with van der Waals surface area (Å²) in [7, 11) is 0. The molecule has 0 aliphatic carbocycles. The molecule has 0 fully saturated rings. The van der Waals surface area contributed by atoms with Crippen molar-refractivity contribution in [3.05, 3.63) is 66.2 Å². The van der Waals surface area contributed by atoms with Crippen LogP contribution in [-0.4, -0.2) is 27.3 Å². The number of benzene rings is 2. The van der Waals surface area contributed by atoms with Crippen LogP contribution in [-0.2, 0) is 0 Å². The highest BCUT2D eigenvalue weighted by atomic mass is 35.5. The first kappa shape index (κ1) is 18.8. The Labute approximate surface area is 155 Å². The maximum absolute atomic E-state index is 10.9. The van der Waals surface area contributed by atoms with Gasteiger partial charge in [-0.1, -0.05) is 42.1 Å². The second-order valence-electron chi connectivity index (χ2n) is 5.00. The van der Waals surface area contributed by atoms with Crippen LogP contribution in [0.1, 0.15) is 10.4 Å². The van der Waals surface area contributed by atoms with Crippen molar-refractivity contribution in [2.45, 2.75) is 5.16 Å². The number of hydrogen-bond donors (Lipinski definition) is 2. The van der Waals surface area contributed by atoms with Crippen molar-refractivity contribution in [3.8, 4) is 11.3 Å². The van der Waals surface area contributed by atoms with Gasteiger partial charge in [-0.05, 0) is 30.5 Å². The molecule has 25 heavy (non-hydrogen) atoms. The molecule has 0 radical (unpaired) electrons. The first-order valence-electron chi connectivity index (χ1n) is 7.24. The molecule has 7 heteroatoms. The van der Waals surface area contributed by atoms with Gasteiger partial charge in [-0.3, -0.25) is 0 Å². The maximum atomic E-state index is 10.9. The summed E-state index contributed by atoms with van der Waals surface area (Å²) in [4.78, 5) is 19.9. The van der Waals surface area contributed by atoms with Crippen LogP contribution in [0.3, 0.4) is 0 Å². The Kier molecular flexibility index (Phi) is 6.38. The molecule has 5 nitrogen and oxygen atoms in total. The number of nitrogens with zero attached hydrogens (tertiary/aromatic N) is 2. The molecule has 2 N–H and O–H groups in total. The topological polar surface area (TPSA) is 75.1 Å². The van der Waals surface area contributed by atoms with E-state index in [0.717, 1.165) is 16.9 Å². The number of thioether (sulfide) groups is 1. The van der Waals surface area contributed by atoms with Gasteiger partial charge < -0.3 is 10.4 Å². The molecular weight excluding hydrogens is 358 g/mol. The first-order chi connectivity index (χ1) is 11.7. The zero-order valence-corrected chi connectivity index (χ0v) is 15.0. The predicted octanol–water partition coefficient (Wildman–Crippen LogP) is 4.73. The van der Waals surface area contributed by atoms with Crippen LogP contribution in [0.4, 0.5) is 11.5 Å². The van der Waals surface area contributed by atoms with E-state index in [4.69, 9.17) is 5.11 Å². The van der Waals surface area contributed by atoms with Crippen LogP contribution in [0.25, 0.3) is 11.3 Å². The quantitative estimate of drug-likeness (QED) is 0.497. The molecule has 0 aliphatic heterocycles. The molecule has 0 saturated carbocycles. The standard InChI is InChI=1S/C18H15N3O2S.ClH/c1-24-18-20-15(12-5-3-2-4-6-12)11-16(21-18)19-14-9-7-13(8-10-14)17(22)23;/h2-11H,1H3,(H,22,23)(H,19,20,21);1H. The molecule has 0 aliphatic rings. The zero-order chi connectivity index (χ0) is 16.9. The number of anilines is 2. The van der Waals surface area contributed by atoms with E-state index in [9.17, 15) is 4.79 Å². The van der Waals surface area contributed by atoms with E-state index in [1.807, 2.05) is 42.7 Å². The summed E-state index contributed by atoms with van der Waals surface area (Å²) in [6.45, 7) is 0. The van der Waals surface area contributed by atoms with Crippen molar-refractivity contribution in [1.29, 1.82) is 0 Å². The third kappa shape index (κ3) is 4.71. The predicted molar refractivity (Wildman–Crippen MR) is 103 cm³/mol. The maximum Gasteiger partial charge on any atom is 0.335 e. The number of carboxylic acids is 1. The molecule has 3 rings (SSSR count). The van der Waals surface area contributed by atoms with E-state index in [1.165, 1.54) is 11.8 Å².